The number of benzene rings is 1. The Labute approximate surface area is 123 Å². The molecule has 0 aliphatic rings. The van der Waals surface area contributed by atoms with E-state index in [1.807, 2.05) is 0 Å². The van der Waals surface area contributed by atoms with Crippen LogP contribution in [0.15, 0.2) is 22.7 Å². The molecule has 1 rings (SSSR count). The van der Waals surface area contributed by atoms with Crippen molar-refractivity contribution in [3.63, 3.8) is 0 Å². The van der Waals surface area contributed by atoms with Crippen molar-refractivity contribution in [3.05, 3.63) is 33.8 Å². The zero-order valence-corrected chi connectivity index (χ0v) is 12.3. The van der Waals surface area contributed by atoms with Gasteiger partial charge in [-0.2, -0.15) is 0 Å². The number of carboxylic acid groups (broad SMARTS) is 2. The maximum Gasteiger partial charge on any atom is 0.326 e. The zero-order chi connectivity index (χ0) is 15.3. The molecule has 0 spiro atoms. The summed E-state index contributed by atoms with van der Waals surface area (Å²) < 4.78 is 0.700. The first-order valence-corrected chi connectivity index (χ1v) is 6.62. The van der Waals surface area contributed by atoms with Crippen molar-refractivity contribution >= 4 is 33.8 Å². The molecule has 6 nitrogen and oxygen atoms in total. The van der Waals surface area contributed by atoms with Gasteiger partial charge < -0.3 is 15.5 Å². The number of hydrogen-bond donors (Lipinski definition) is 3. The molecule has 0 heterocycles. The Bertz CT molecular complexity index is 544. The molecule has 0 aliphatic carbocycles. The fraction of sp³-hybridized carbons (Fsp3) is 0.308. The summed E-state index contributed by atoms with van der Waals surface area (Å²) in [6.07, 6.45) is -0.488. The minimum absolute atomic E-state index is 0.163. The van der Waals surface area contributed by atoms with E-state index < -0.39 is 23.9 Å². The lowest BCUT2D eigenvalue weighted by atomic mass is 10.1. The molecule has 1 aromatic carbocycles. The van der Waals surface area contributed by atoms with Gasteiger partial charge in [0.25, 0.3) is 5.91 Å². The average Bonchev–Trinajstić information content (AvgIpc) is 2.36. The Hall–Kier alpha value is -1.89. The second-order valence-corrected chi connectivity index (χ2v) is 5.17. The topological polar surface area (TPSA) is 104 Å². The van der Waals surface area contributed by atoms with Crippen LogP contribution in [-0.4, -0.2) is 34.1 Å². The van der Waals surface area contributed by atoms with E-state index in [1.54, 1.807) is 25.1 Å². The molecule has 0 bridgehead atoms. The van der Waals surface area contributed by atoms with E-state index in [2.05, 4.69) is 21.2 Å². The minimum atomic E-state index is -1.26. The summed E-state index contributed by atoms with van der Waals surface area (Å²) in [6, 6.07) is 3.86. The third-order valence-electron chi connectivity index (χ3n) is 2.69. The summed E-state index contributed by atoms with van der Waals surface area (Å²) in [4.78, 5) is 33.5. The lowest BCUT2D eigenvalue weighted by Gasteiger charge is -2.14. The first kappa shape index (κ1) is 16.2. The Balaban J connectivity index is 2.82. The van der Waals surface area contributed by atoms with Gasteiger partial charge in [-0.25, -0.2) is 4.79 Å². The SMILES string of the molecule is Cc1ccc(Br)cc1C(=O)N[C@@H](CCC(=O)O)C(=O)O. The number of halogens is 1. The molecule has 0 saturated carbocycles. The fourth-order valence-electron chi connectivity index (χ4n) is 1.60. The lowest BCUT2D eigenvalue weighted by molar-refractivity contribution is -0.140. The summed E-state index contributed by atoms with van der Waals surface area (Å²) in [5.74, 6) is -2.90. The Morgan fingerprint density at radius 1 is 1.30 bits per heavy atom. The summed E-state index contributed by atoms with van der Waals surface area (Å²) in [6.45, 7) is 1.73. The van der Waals surface area contributed by atoms with Gasteiger partial charge in [0.2, 0.25) is 0 Å². The minimum Gasteiger partial charge on any atom is -0.481 e. The highest BCUT2D eigenvalue weighted by Crippen LogP contribution is 2.16. The van der Waals surface area contributed by atoms with Gasteiger partial charge in [0.15, 0.2) is 0 Å². The third kappa shape index (κ3) is 4.65. The largest absolute Gasteiger partial charge is 0.481 e. The number of carbonyl (C=O) groups is 3. The number of nitrogens with one attached hydrogen (secondary N) is 1. The summed E-state index contributed by atoms with van der Waals surface area (Å²) in [5, 5.41) is 19.9. The molecule has 1 atom stereocenters. The van der Waals surface area contributed by atoms with Crippen LogP contribution in [0.1, 0.15) is 28.8 Å². The maximum atomic E-state index is 12.0. The first-order chi connectivity index (χ1) is 9.31. The van der Waals surface area contributed by atoms with Gasteiger partial charge in [-0.05, 0) is 31.0 Å². The lowest BCUT2D eigenvalue weighted by Crippen LogP contribution is -2.41. The van der Waals surface area contributed by atoms with Crippen molar-refractivity contribution in [1.29, 1.82) is 0 Å². The van der Waals surface area contributed by atoms with Crippen LogP contribution in [0.25, 0.3) is 0 Å². The molecule has 7 heteroatoms. The highest BCUT2D eigenvalue weighted by atomic mass is 79.9. The highest BCUT2D eigenvalue weighted by molar-refractivity contribution is 9.10. The molecule has 0 aromatic heterocycles. The number of hydrogen-bond acceptors (Lipinski definition) is 3. The van der Waals surface area contributed by atoms with Crippen LogP contribution >= 0.6 is 15.9 Å². The Kier molecular flexibility index (Phi) is 5.69. The van der Waals surface area contributed by atoms with Gasteiger partial charge >= 0.3 is 11.9 Å². The number of rotatable bonds is 6. The fourth-order valence-corrected chi connectivity index (χ4v) is 1.96. The Morgan fingerprint density at radius 2 is 1.95 bits per heavy atom. The molecule has 1 amide bonds. The van der Waals surface area contributed by atoms with Gasteiger partial charge in [-0.1, -0.05) is 22.0 Å². The van der Waals surface area contributed by atoms with Crippen LogP contribution in [0.4, 0.5) is 0 Å². The molecule has 3 N–H and O–H groups in total. The molecular weight excluding hydrogens is 330 g/mol. The first-order valence-electron chi connectivity index (χ1n) is 5.83. The quantitative estimate of drug-likeness (QED) is 0.730. The van der Waals surface area contributed by atoms with Crippen LogP contribution in [-0.2, 0) is 9.59 Å². The van der Waals surface area contributed by atoms with Crippen LogP contribution < -0.4 is 5.32 Å². The molecular formula is C13H14BrNO5. The molecule has 0 fully saturated rings. The van der Waals surface area contributed by atoms with Gasteiger partial charge in [0.05, 0.1) is 0 Å². The normalized spacial score (nSPS) is 11.7. The van der Waals surface area contributed by atoms with Crippen molar-refractivity contribution in [3.8, 4) is 0 Å². The maximum absolute atomic E-state index is 12.0. The number of aliphatic carboxylic acids is 2. The number of amides is 1. The second-order valence-electron chi connectivity index (χ2n) is 4.26. The molecule has 1 aromatic rings. The molecule has 0 radical (unpaired) electrons. The highest BCUT2D eigenvalue weighted by Gasteiger charge is 2.22. The van der Waals surface area contributed by atoms with Crippen molar-refractivity contribution in [2.24, 2.45) is 0 Å². The monoisotopic (exact) mass is 343 g/mol. The summed E-state index contributed by atoms with van der Waals surface area (Å²) in [5.41, 5.74) is 1.05. The Morgan fingerprint density at radius 3 is 2.50 bits per heavy atom. The van der Waals surface area contributed by atoms with Crippen molar-refractivity contribution in [1.82, 2.24) is 5.32 Å². The van der Waals surface area contributed by atoms with Gasteiger partial charge in [0, 0.05) is 16.5 Å². The second kappa shape index (κ2) is 7.04. The van der Waals surface area contributed by atoms with E-state index in [0.717, 1.165) is 0 Å². The summed E-state index contributed by atoms with van der Waals surface area (Å²) in [7, 11) is 0. The predicted molar refractivity (Wildman–Crippen MR) is 74.6 cm³/mol. The van der Waals surface area contributed by atoms with E-state index in [9.17, 15) is 14.4 Å². The molecule has 108 valence electrons. The zero-order valence-electron chi connectivity index (χ0n) is 10.7. The molecule has 0 saturated heterocycles. The number of aryl methyl sites for hydroxylation is 1. The predicted octanol–water partition coefficient (Wildman–Crippen LogP) is 1.81. The van der Waals surface area contributed by atoms with E-state index in [0.29, 0.717) is 15.6 Å². The average molecular weight is 344 g/mol. The van der Waals surface area contributed by atoms with Crippen molar-refractivity contribution < 1.29 is 24.6 Å². The van der Waals surface area contributed by atoms with E-state index >= 15 is 0 Å². The molecule has 20 heavy (non-hydrogen) atoms. The molecule has 0 aliphatic heterocycles. The standard InChI is InChI=1S/C13H14BrNO5/c1-7-2-3-8(14)6-9(7)12(18)15-10(13(19)20)4-5-11(16)17/h2-3,6,10H,4-5H2,1H3,(H,15,18)(H,16,17)(H,19,20)/t10-/m0/s1. The molecule has 0 unspecified atom stereocenters. The van der Waals surface area contributed by atoms with Crippen LogP contribution in [0.3, 0.4) is 0 Å². The third-order valence-corrected chi connectivity index (χ3v) is 3.19. The van der Waals surface area contributed by atoms with Gasteiger partial charge in [-0.3, -0.25) is 9.59 Å². The van der Waals surface area contributed by atoms with Crippen LogP contribution in [0, 0.1) is 6.92 Å². The number of carbonyl (C=O) groups excluding carboxylic acids is 1. The smallest absolute Gasteiger partial charge is 0.326 e. The van der Waals surface area contributed by atoms with Crippen LogP contribution in [0.2, 0.25) is 0 Å². The van der Waals surface area contributed by atoms with E-state index in [4.69, 9.17) is 10.2 Å². The van der Waals surface area contributed by atoms with E-state index in [1.165, 1.54) is 0 Å². The number of carboxylic acids is 2. The van der Waals surface area contributed by atoms with Crippen molar-refractivity contribution in [2.45, 2.75) is 25.8 Å². The van der Waals surface area contributed by atoms with E-state index in [-0.39, 0.29) is 12.8 Å². The van der Waals surface area contributed by atoms with Crippen LogP contribution in [0.5, 0.6) is 0 Å². The van der Waals surface area contributed by atoms with Gasteiger partial charge in [-0.15, -0.1) is 0 Å². The van der Waals surface area contributed by atoms with Gasteiger partial charge in [0.1, 0.15) is 6.04 Å². The van der Waals surface area contributed by atoms with Crippen molar-refractivity contribution in [2.75, 3.05) is 0 Å². The summed E-state index contributed by atoms with van der Waals surface area (Å²) >= 11 is 3.24.